The molecule has 3 aromatic carbocycles. The molecule has 3 aromatic rings. The Morgan fingerprint density at radius 1 is 0.974 bits per heavy atom. The Kier molecular flexibility index (Phi) is 9.24. The number of benzene rings is 3. The lowest BCUT2D eigenvalue weighted by atomic mass is 9.95. The van der Waals surface area contributed by atoms with Crippen LogP contribution in [0, 0.1) is 0 Å². The monoisotopic (exact) mass is 551 g/mol. The highest BCUT2D eigenvalue weighted by molar-refractivity contribution is 7.89. The fourth-order valence-corrected chi connectivity index (χ4v) is 6.11. The van der Waals surface area contributed by atoms with Crippen LogP contribution < -0.4 is 10.1 Å². The number of nitrogens with zero attached hydrogens (tertiary/aromatic N) is 2. The summed E-state index contributed by atoms with van der Waals surface area (Å²) in [5.41, 5.74) is 0.807. The molecule has 9 heteroatoms. The number of methoxy groups -OCH3 is 1. The van der Waals surface area contributed by atoms with E-state index in [1.165, 1.54) is 18.4 Å². The van der Waals surface area contributed by atoms with Crippen molar-refractivity contribution in [1.29, 1.82) is 0 Å². The van der Waals surface area contributed by atoms with Crippen molar-refractivity contribution in [3.05, 3.63) is 72.3 Å². The molecule has 0 radical (unpaired) electrons. The molecule has 4 rings (SSSR count). The van der Waals surface area contributed by atoms with Gasteiger partial charge >= 0.3 is 0 Å². The van der Waals surface area contributed by atoms with Gasteiger partial charge in [-0.3, -0.25) is 9.59 Å². The lowest BCUT2D eigenvalue weighted by Gasteiger charge is -2.32. The van der Waals surface area contributed by atoms with Gasteiger partial charge in [-0.1, -0.05) is 61.7 Å². The molecule has 208 valence electrons. The summed E-state index contributed by atoms with van der Waals surface area (Å²) < 4.78 is 33.1. The minimum absolute atomic E-state index is 0.0996. The summed E-state index contributed by atoms with van der Waals surface area (Å²) in [5.74, 6) is -0.00583. The van der Waals surface area contributed by atoms with Crippen molar-refractivity contribution in [2.24, 2.45) is 0 Å². The Morgan fingerprint density at radius 3 is 2.31 bits per heavy atom. The van der Waals surface area contributed by atoms with Crippen LogP contribution in [0.5, 0.6) is 5.75 Å². The quantitative estimate of drug-likeness (QED) is 0.405. The van der Waals surface area contributed by atoms with Crippen molar-refractivity contribution in [2.45, 2.75) is 62.6 Å². The van der Waals surface area contributed by atoms with Gasteiger partial charge in [-0.15, -0.1) is 0 Å². The molecule has 0 saturated heterocycles. The summed E-state index contributed by atoms with van der Waals surface area (Å²) in [6, 6.07) is 19.0. The predicted octanol–water partition coefficient (Wildman–Crippen LogP) is 4.34. The maximum Gasteiger partial charge on any atom is 0.243 e. The van der Waals surface area contributed by atoms with Gasteiger partial charge in [-0.25, -0.2) is 8.42 Å². The van der Waals surface area contributed by atoms with Crippen LogP contribution in [0.1, 0.15) is 44.6 Å². The molecule has 0 heterocycles. The van der Waals surface area contributed by atoms with E-state index in [1.807, 2.05) is 36.4 Å². The molecule has 8 nitrogen and oxygen atoms in total. The number of hydrogen-bond acceptors (Lipinski definition) is 5. The molecule has 0 unspecified atom stereocenters. The molecule has 0 aliphatic heterocycles. The number of nitrogens with one attached hydrogen (secondary N) is 1. The van der Waals surface area contributed by atoms with Crippen LogP contribution >= 0.6 is 0 Å². The number of rotatable bonds is 10. The smallest absolute Gasteiger partial charge is 0.243 e. The molecule has 39 heavy (non-hydrogen) atoms. The molecule has 0 aromatic heterocycles. The van der Waals surface area contributed by atoms with Gasteiger partial charge in [-0.05, 0) is 60.4 Å². The number of sulfonamides is 1. The zero-order chi connectivity index (χ0) is 28.0. The lowest BCUT2D eigenvalue weighted by Crippen LogP contribution is -2.52. The van der Waals surface area contributed by atoms with Gasteiger partial charge in [-0.2, -0.15) is 4.31 Å². The second kappa shape index (κ2) is 12.6. The molecule has 1 fully saturated rings. The third kappa shape index (κ3) is 6.96. The molecule has 0 spiro atoms. The van der Waals surface area contributed by atoms with E-state index in [4.69, 9.17) is 4.74 Å². The zero-order valence-corrected chi connectivity index (χ0v) is 23.6. The van der Waals surface area contributed by atoms with Crippen LogP contribution in [-0.4, -0.2) is 62.2 Å². The van der Waals surface area contributed by atoms with Gasteiger partial charge in [0.2, 0.25) is 21.8 Å². The summed E-state index contributed by atoms with van der Waals surface area (Å²) in [5, 5.41) is 4.83. The lowest BCUT2D eigenvalue weighted by molar-refractivity contribution is -0.141. The van der Waals surface area contributed by atoms with Crippen molar-refractivity contribution in [3.63, 3.8) is 0 Å². The van der Waals surface area contributed by atoms with Crippen LogP contribution in [0.4, 0.5) is 0 Å². The normalized spacial score (nSPS) is 15.2. The minimum atomic E-state index is -3.94. The van der Waals surface area contributed by atoms with E-state index in [0.717, 1.165) is 46.3 Å². The fraction of sp³-hybridized carbons (Fsp3) is 0.400. The van der Waals surface area contributed by atoms with Gasteiger partial charge < -0.3 is 15.0 Å². The number of hydrogen-bond donors (Lipinski definition) is 1. The molecule has 0 bridgehead atoms. The molecule has 1 aliphatic rings. The predicted molar refractivity (Wildman–Crippen MR) is 152 cm³/mol. The standard InChI is InChI=1S/C30H37N3O5S/c1-22(30(35)31-26-11-5-4-6-12-26)33(20-23-13-16-27(38-3)17-14-23)29(34)21-32(2)39(36,37)28-18-15-24-9-7-8-10-25(24)19-28/h7-10,13-19,22,26H,4-6,11-12,20-21H2,1-3H3,(H,31,35)/t22-/m0/s1. The van der Waals surface area contributed by atoms with E-state index in [2.05, 4.69) is 5.32 Å². The Balaban J connectivity index is 1.53. The zero-order valence-electron chi connectivity index (χ0n) is 22.8. The highest BCUT2D eigenvalue weighted by atomic mass is 32.2. The van der Waals surface area contributed by atoms with E-state index in [1.54, 1.807) is 44.4 Å². The van der Waals surface area contributed by atoms with Crippen molar-refractivity contribution >= 4 is 32.6 Å². The first-order valence-corrected chi connectivity index (χ1v) is 14.8. The van der Waals surface area contributed by atoms with Crippen molar-refractivity contribution in [2.75, 3.05) is 20.7 Å². The highest BCUT2D eigenvalue weighted by Gasteiger charge is 2.31. The van der Waals surface area contributed by atoms with Crippen LogP contribution in [0.25, 0.3) is 10.8 Å². The Bertz CT molecular complexity index is 1400. The molecule has 2 amide bonds. The summed E-state index contributed by atoms with van der Waals surface area (Å²) in [6.45, 7) is 1.45. The molecular weight excluding hydrogens is 514 g/mol. The summed E-state index contributed by atoms with van der Waals surface area (Å²) in [4.78, 5) is 28.4. The largest absolute Gasteiger partial charge is 0.497 e. The number of fused-ring (bicyclic) bond motifs is 1. The van der Waals surface area contributed by atoms with Gasteiger partial charge in [0.1, 0.15) is 11.8 Å². The number of carbonyl (C=O) groups excluding carboxylic acids is 2. The van der Waals surface area contributed by atoms with E-state index in [9.17, 15) is 18.0 Å². The first-order chi connectivity index (χ1) is 18.7. The average Bonchev–Trinajstić information content (AvgIpc) is 2.96. The average molecular weight is 552 g/mol. The maximum atomic E-state index is 13.6. The first kappa shape index (κ1) is 28.6. The Labute approximate surface area is 231 Å². The summed E-state index contributed by atoms with van der Waals surface area (Å²) >= 11 is 0. The number of ether oxygens (including phenoxy) is 1. The Morgan fingerprint density at radius 2 is 1.64 bits per heavy atom. The van der Waals surface area contributed by atoms with E-state index in [-0.39, 0.29) is 23.4 Å². The fourth-order valence-electron chi connectivity index (χ4n) is 4.95. The second-order valence-electron chi connectivity index (χ2n) is 10.2. The maximum absolute atomic E-state index is 13.6. The summed E-state index contributed by atoms with van der Waals surface area (Å²) in [7, 11) is -0.973. The number of amides is 2. The first-order valence-electron chi connectivity index (χ1n) is 13.4. The topological polar surface area (TPSA) is 96.0 Å². The van der Waals surface area contributed by atoms with Crippen LogP contribution in [0.15, 0.2) is 71.6 Å². The van der Waals surface area contributed by atoms with E-state index < -0.39 is 28.5 Å². The SMILES string of the molecule is COc1ccc(CN(C(=O)CN(C)S(=O)(=O)c2ccc3ccccc3c2)[C@@H](C)C(=O)NC2CCCCC2)cc1. The molecular formula is C30H37N3O5S. The molecule has 1 atom stereocenters. The summed E-state index contributed by atoms with van der Waals surface area (Å²) in [6.07, 6.45) is 5.17. The van der Waals surface area contributed by atoms with Crippen LogP contribution in [0.2, 0.25) is 0 Å². The number of likely N-dealkylation sites (N-methyl/N-ethyl adjacent to an activating group) is 1. The highest BCUT2D eigenvalue weighted by Crippen LogP contribution is 2.22. The van der Waals surface area contributed by atoms with Gasteiger partial charge in [0.25, 0.3) is 0 Å². The minimum Gasteiger partial charge on any atom is -0.497 e. The Hall–Kier alpha value is -3.43. The van der Waals surface area contributed by atoms with Gasteiger partial charge in [0, 0.05) is 19.6 Å². The van der Waals surface area contributed by atoms with Crippen LogP contribution in [-0.2, 0) is 26.2 Å². The van der Waals surface area contributed by atoms with E-state index >= 15 is 0 Å². The molecule has 1 aliphatic carbocycles. The van der Waals surface area contributed by atoms with Gasteiger partial charge in [0.15, 0.2) is 0 Å². The van der Waals surface area contributed by atoms with Crippen molar-refractivity contribution in [1.82, 2.24) is 14.5 Å². The third-order valence-corrected chi connectivity index (χ3v) is 9.22. The molecule has 1 saturated carbocycles. The third-order valence-electron chi connectivity index (χ3n) is 7.42. The number of carbonyl (C=O) groups is 2. The second-order valence-corrected chi connectivity index (χ2v) is 12.2. The van der Waals surface area contributed by atoms with Gasteiger partial charge in [0.05, 0.1) is 18.6 Å². The van der Waals surface area contributed by atoms with E-state index in [0.29, 0.717) is 5.75 Å². The van der Waals surface area contributed by atoms with Crippen molar-refractivity contribution < 1.29 is 22.7 Å². The van der Waals surface area contributed by atoms with Crippen molar-refractivity contribution in [3.8, 4) is 5.75 Å². The van der Waals surface area contributed by atoms with Crippen LogP contribution in [0.3, 0.4) is 0 Å². The molecule has 1 N–H and O–H groups in total.